The van der Waals surface area contributed by atoms with Crippen molar-refractivity contribution in [1.29, 1.82) is 0 Å². The van der Waals surface area contributed by atoms with Gasteiger partial charge in [-0.05, 0) is 49.4 Å². The second kappa shape index (κ2) is 7.98. The van der Waals surface area contributed by atoms with Gasteiger partial charge in [-0.1, -0.05) is 19.9 Å². The quantitative estimate of drug-likeness (QED) is 0.722. The number of hydrogen-bond donors (Lipinski definition) is 1. The predicted octanol–water partition coefficient (Wildman–Crippen LogP) is 3.01. The molecule has 2 N–H and O–H groups in total. The second-order valence-electron chi connectivity index (χ2n) is 4.91. The van der Waals surface area contributed by atoms with E-state index in [1.165, 1.54) is 12.0 Å². The Balaban J connectivity index is 2.57. The van der Waals surface area contributed by atoms with Crippen LogP contribution in [0, 0.1) is 5.92 Å². The summed E-state index contributed by atoms with van der Waals surface area (Å²) in [7, 11) is 1.67. The van der Waals surface area contributed by atoms with Gasteiger partial charge in [-0.25, -0.2) is 0 Å². The highest BCUT2D eigenvalue weighted by molar-refractivity contribution is 5.43. The summed E-state index contributed by atoms with van der Waals surface area (Å²) in [6.07, 6.45) is 3.12. The Bertz CT molecular complexity index is 350. The molecule has 102 valence electrons. The van der Waals surface area contributed by atoms with E-state index in [9.17, 15) is 0 Å². The highest BCUT2D eigenvalue weighted by atomic mass is 16.5. The molecule has 0 fully saturated rings. The molecular formula is C15H25NO2. The van der Waals surface area contributed by atoms with E-state index in [4.69, 9.17) is 15.2 Å². The summed E-state index contributed by atoms with van der Waals surface area (Å²) in [5.74, 6) is 2.34. The van der Waals surface area contributed by atoms with Crippen LogP contribution >= 0.6 is 0 Å². The fourth-order valence-corrected chi connectivity index (χ4v) is 1.83. The third-order valence-electron chi connectivity index (χ3n) is 2.84. The minimum absolute atomic E-state index is 0.652. The Morgan fingerprint density at radius 3 is 2.61 bits per heavy atom. The molecule has 0 aromatic heterocycles. The summed E-state index contributed by atoms with van der Waals surface area (Å²) in [5.41, 5.74) is 6.76. The maximum atomic E-state index is 5.80. The van der Waals surface area contributed by atoms with Crippen molar-refractivity contribution < 1.29 is 9.47 Å². The van der Waals surface area contributed by atoms with E-state index in [1.54, 1.807) is 7.11 Å². The first kappa shape index (κ1) is 14.8. The zero-order valence-corrected chi connectivity index (χ0v) is 11.7. The molecule has 18 heavy (non-hydrogen) atoms. The number of benzene rings is 1. The van der Waals surface area contributed by atoms with E-state index in [-0.39, 0.29) is 0 Å². The van der Waals surface area contributed by atoms with E-state index < -0.39 is 0 Å². The molecule has 0 amide bonds. The van der Waals surface area contributed by atoms with Crippen LogP contribution < -0.4 is 15.2 Å². The number of nitrogens with two attached hydrogens (primary N) is 1. The normalized spacial score (nSPS) is 10.7. The van der Waals surface area contributed by atoms with Gasteiger partial charge in [-0.2, -0.15) is 0 Å². The predicted molar refractivity (Wildman–Crippen MR) is 75.3 cm³/mol. The summed E-state index contributed by atoms with van der Waals surface area (Å²) in [5, 5.41) is 0. The van der Waals surface area contributed by atoms with Gasteiger partial charge >= 0.3 is 0 Å². The lowest BCUT2D eigenvalue weighted by Crippen LogP contribution is -2.04. The highest BCUT2D eigenvalue weighted by Gasteiger charge is 2.05. The second-order valence-corrected chi connectivity index (χ2v) is 4.91. The molecule has 3 heteroatoms. The lowest BCUT2D eigenvalue weighted by atomic mass is 10.1. The zero-order valence-electron chi connectivity index (χ0n) is 11.7. The van der Waals surface area contributed by atoms with E-state index in [0.717, 1.165) is 36.9 Å². The average Bonchev–Trinajstić information content (AvgIpc) is 2.35. The fourth-order valence-electron chi connectivity index (χ4n) is 1.83. The van der Waals surface area contributed by atoms with Gasteiger partial charge < -0.3 is 15.2 Å². The van der Waals surface area contributed by atoms with E-state index in [2.05, 4.69) is 13.8 Å². The molecule has 0 aliphatic heterocycles. The maximum absolute atomic E-state index is 5.80. The average molecular weight is 251 g/mol. The SMILES string of the molecule is COc1ccc(CCN)cc1OCCCC(C)C. The van der Waals surface area contributed by atoms with Crippen LogP contribution in [0.3, 0.4) is 0 Å². The summed E-state index contributed by atoms with van der Waals surface area (Å²) in [6.45, 7) is 5.84. The Labute approximate surface area is 110 Å². The third kappa shape index (κ3) is 4.96. The van der Waals surface area contributed by atoms with Gasteiger partial charge in [0.05, 0.1) is 13.7 Å². The van der Waals surface area contributed by atoms with Crippen molar-refractivity contribution >= 4 is 0 Å². The standard InChI is InChI=1S/C15H25NO2/c1-12(2)5-4-10-18-15-11-13(8-9-16)6-7-14(15)17-3/h6-7,11-12H,4-5,8-10,16H2,1-3H3. The largest absolute Gasteiger partial charge is 0.493 e. The van der Waals surface area contributed by atoms with Crippen LogP contribution in [0.25, 0.3) is 0 Å². The summed E-state index contributed by atoms with van der Waals surface area (Å²) in [4.78, 5) is 0. The van der Waals surface area contributed by atoms with E-state index in [0.29, 0.717) is 6.54 Å². The minimum Gasteiger partial charge on any atom is -0.493 e. The number of hydrogen-bond acceptors (Lipinski definition) is 3. The van der Waals surface area contributed by atoms with E-state index >= 15 is 0 Å². The van der Waals surface area contributed by atoms with Crippen LogP contribution in [0.4, 0.5) is 0 Å². The van der Waals surface area contributed by atoms with Crippen LogP contribution in [0.2, 0.25) is 0 Å². The lowest BCUT2D eigenvalue weighted by Gasteiger charge is -2.12. The van der Waals surface area contributed by atoms with Gasteiger partial charge in [-0.15, -0.1) is 0 Å². The number of rotatable bonds is 8. The molecule has 1 aromatic rings. The summed E-state index contributed by atoms with van der Waals surface area (Å²) >= 11 is 0. The first-order chi connectivity index (χ1) is 8.67. The van der Waals surface area contributed by atoms with Crippen LogP contribution in [0.5, 0.6) is 11.5 Å². The third-order valence-corrected chi connectivity index (χ3v) is 2.84. The van der Waals surface area contributed by atoms with Gasteiger partial charge in [0, 0.05) is 0 Å². The van der Waals surface area contributed by atoms with Crippen LogP contribution in [0.1, 0.15) is 32.3 Å². The molecule has 0 spiro atoms. The molecule has 0 unspecified atom stereocenters. The Hall–Kier alpha value is -1.22. The van der Waals surface area contributed by atoms with Crippen molar-refractivity contribution in [2.45, 2.75) is 33.1 Å². The van der Waals surface area contributed by atoms with Crippen molar-refractivity contribution in [1.82, 2.24) is 0 Å². The molecule has 0 heterocycles. The first-order valence-corrected chi connectivity index (χ1v) is 6.67. The molecule has 1 aromatic carbocycles. The fraction of sp³-hybridized carbons (Fsp3) is 0.600. The summed E-state index contributed by atoms with van der Waals surface area (Å²) < 4.78 is 11.1. The van der Waals surface area contributed by atoms with Crippen molar-refractivity contribution in [2.75, 3.05) is 20.3 Å². The van der Waals surface area contributed by atoms with E-state index in [1.807, 2.05) is 18.2 Å². The Morgan fingerprint density at radius 1 is 1.22 bits per heavy atom. The van der Waals surface area contributed by atoms with Crippen molar-refractivity contribution in [3.05, 3.63) is 23.8 Å². The van der Waals surface area contributed by atoms with Gasteiger partial charge in [0.2, 0.25) is 0 Å². The molecule has 1 rings (SSSR count). The summed E-state index contributed by atoms with van der Waals surface area (Å²) in [6, 6.07) is 6.01. The monoisotopic (exact) mass is 251 g/mol. The molecule has 0 saturated heterocycles. The Kier molecular flexibility index (Phi) is 6.58. The van der Waals surface area contributed by atoms with Crippen LogP contribution in [-0.2, 0) is 6.42 Å². The molecule has 0 radical (unpaired) electrons. The smallest absolute Gasteiger partial charge is 0.161 e. The molecule has 0 aliphatic carbocycles. The maximum Gasteiger partial charge on any atom is 0.161 e. The van der Waals surface area contributed by atoms with Gasteiger partial charge in [-0.3, -0.25) is 0 Å². The molecule has 3 nitrogen and oxygen atoms in total. The molecule has 0 aliphatic rings. The molecule has 0 bridgehead atoms. The van der Waals surface area contributed by atoms with Crippen LogP contribution in [-0.4, -0.2) is 20.3 Å². The lowest BCUT2D eigenvalue weighted by molar-refractivity contribution is 0.279. The van der Waals surface area contributed by atoms with Gasteiger partial charge in [0.1, 0.15) is 0 Å². The molecule has 0 atom stereocenters. The topological polar surface area (TPSA) is 44.5 Å². The Morgan fingerprint density at radius 2 is 2.00 bits per heavy atom. The molecule has 0 saturated carbocycles. The highest BCUT2D eigenvalue weighted by Crippen LogP contribution is 2.28. The molecular weight excluding hydrogens is 226 g/mol. The van der Waals surface area contributed by atoms with Gasteiger partial charge in [0.15, 0.2) is 11.5 Å². The van der Waals surface area contributed by atoms with Crippen molar-refractivity contribution in [3.63, 3.8) is 0 Å². The first-order valence-electron chi connectivity index (χ1n) is 6.67. The minimum atomic E-state index is 0.652. The van der Waals surface area contributed by atoms with Crippen molar-refractivity contribution in [2.24, 2.45) is 11.7 Å². The zero-order chi connectivity index (χ0) is 13.4. The van der Waals surface area contributed by atoms with Crippen molar-refractivity contribution in [3.8, 4) is 11.5 Å². The number of ether oxygens (including phenoxy) is 2. The number of methoxy groups -OCH3 is 1. The van der Waals surface area contributed by atoms with Crippen LogP contribution in [0.15, 0.2) is 18.2 Å². The van der Waals surface area contributed by atoms with Gasteiger partial charge in [0.25, 0.3) is 0 Å².